The Kier molecular flexibility index (Phi) is 4.75. The summed E-state index contributed by atoms with van der Waals surface area (Å²) in [5.41, 5.74) is 2.88. The van der Waals surface area contributed by atoms with Crippen LogP contribution in [0.15, 0.2) is 66.9 Å². The summed E-state index contributed by atoms with van der Waals surface area (Å²) < 4.78 is 1.69. The van der Waals surface area contributed by atoms with E-state index in [1.54, 1.807) is 22.8 Å². The molecule has 2 unspecified atom stereocenters. The molecule has 0 amide bonds. The lowest BCUT2D eigenvalue weighted by Gasteiger charge is -2.19. The molecule has 4 aromatic rings. The van der Waals surface area contributed by atoms with E-state index >= 15 is 0 Å². The normalized spacial score (nSPS) is 12.2. The maximum atomic E-state index is 10.2. The lowest BCUT2D eigenvalue weighted by atomic mass is 10.1. The summed E-state index contributed by atoms with van der Waals surface area (Å²) in [4.78, 5) is 4.65. The summed E-state index contributed by atoms with van der Waals surface area (Å²) in [7, 11) is 2.62. The van der Waals surface area contributed by atoms with Crippen LogP contribution < -0.4 is 10.6 Å². The average Bonchev–Trinajstić information content (AvgIpc) is 3.08. The molecule has 0 bridgehead atoms. The number of para-hydroxylation sites is 1. The van der Waals surface area contributed by atoms with Gasteiger partial charge in [0, 0.05) is 16.9 Å². The first-order chi connectivity index (χ1) is 13.2. The zero-order valence-electron chi connectivity index (χ0n) is 14.4. The van der Waals surface area contributed by atoms with E-state index in [4.69, 9.17) is 0 Å². The van der Waals surface area contributed by atoms with Crippen molar-refractivity contribution in [3.8, 4) is 17.0 Å². The number of anilines is 1. The third-order valence-electron chi connectivity index (χ3n) is 4.39. The highest BCUT2D eigenvalue weighted by Crippen LogP contribution is 2.30. The predicted molar refractivity (Wildman–Crippen MR) is 109 cm³/mol. The molecular formula is C20H19N4O2P. The molecule has 4 rings (SSSR count). The van der Waals surface area contributed by atoms with Crippen LogP contribution in [-0.4, -0.2) is 31.4 Å². The van der Waals surface area contributed by atoms with E-state index in [1.807, 2.05) is 48.5 Å². The Morgan fingerprint density at radius 1 is 1.07 bits per heavy atom. The molecule has 27 heavy (non-hydrogen) atoms. The lowest BCUT2D eigenvalue weighted by Crippen LogP contribution is -2.17. The summed E-state index contributed by atoms with van der Waals surface area (Å²) in [5, 5.41) is 28.7. The number of aliphatic hydroxyl groups excluding tert-OH is 1. The number of rotatable bonds is 5. The minimum absolute atomic E-state index is 0.0747. The molecule has 0 saturated heterocycles. The minimum Gasteiger partial charge on any atom is -0.507 e. The van der Waals surface area contributed by atoms with Crippen molar-refractivity contribution in [2.75, 3.05) is 11.9 Å². The molecule has 0 spiro atoms. The van der Waals surface area contributed by atoms with Gasteiger partial charge in [0.2, 0.25) is 0 Å². The van der Waals surface area contributed by atoms with Crippen molar-refractivity contribution >= 4 is 26.0 Å². The second-order valence-corrected chi connectivity index (χ2v) is 6.79. The van der Waals surface area contributed by atoms with Crippen molar-refractivity contribution in [1.29, 1.82) is 0 Å². The molecule has 6 nitrogen and oxygen atoms in total. The van der Waals surface area contributed by atoms with Crippen molar-refractivity contribution < 1.29 is 10.2 Å². The Hall–Kier alpha value is -2.95. The maximum absolute atomic E-state index is 10.2. The number of aromatic hydroxyl groups is 1. The molecule has 0 aliphatic carbocycles. The molecule has 2 aromatic heterocycles. The zero-order chi connectivity index (χ0) is 18.8. The minimum atomic E-state index is -0.300. The van der Waals surface area contributed by atoms with Crippen molar-refractivity contribution in [1.82, 2.24) is 14.6 Å². The van der Waals surface area contributed by atoms with Crippen LogP contribution in [0.3, 0.4) is 0 Å². The summed E-state index contributed by atoms with van der Waals surface area (Å²) in [6.45, 7) is -0.0747. The monoisotopic (exact) mass is 378 g/mol. The zero-order valence-corrected chi connectivity index (χ0v) is 15.6. The number of phenols is 1. The molecular weight excluding hydrogens is 359 g/mol. The van der Waals surface area contributed by atoms with Crippen molar-refractivity contribution in [3.63, 3.8) is 0 Å². The number of fused-ring (bicyclic) bond motifs is 1. The van der Waals surface area contributed by atoms with Gasteiger partial charge in [0.25, 0.3) is 0 Å². The smallest absolute Gasteiger partial charge is 0.165 e. The van der Waals surface area contributed by atoms with Gasteiger partial charge in [-0.1, -0.05) is 51.7 Å². The number of aromatic nitrogens is 3. The quantitative estimate of drug-likeness (QED) is 0.465. The fraction of sp³-hybridized carbons (Fsp3) is 0.100. The Morgan fingerprint density at radius 3 is 2.56 bits per heavy atom. The van der Waals surface area contributed by atoms with Crippen molar-refractivity contribution in [2.45, 2.75) is 6.04 Å². The number of hydrogen-bond donors (Lipinski definition) is 3. The van der Waals surface area contributed by atoms with E-state index in [9.17, 15) is 10.2 Å². The van der Waals surface area contributed by atoms with Gasteiger partial charge in [-0.15, -0.1) is 0 Å². The average molecular weight is 378 g/mol. The molecule has 2 aromatic carbocycles. The summed E-state index contributed by atoms with van der Waals surface area (Å²) >= 11 is 0. The Labute approximate surface area is 158 Å². The van der Waals surface area contributed by atoms with Gasteiger partial charge >= 0.3 is 0 Å². The lowest BCUT2D eigenvalue weighted by molar-refractivity contribution is 0.276. The van der Waals surface area contributed by atoms with E-state index in [1.165, 1.54) is 0 Å². The second kappa shape index (κ2) is 7.35. The topological polar surface area (TPSA) is 82.7 Å². The number of nitrogens with zero attached hydrogens (tertiary/aromatic N) is 3. The fourth-order valence-corrected chi connectivity index (χ4v) is 3.26. The Morgan fingerprint density at radius 2 is 1.81 bits per heavy atom. The SMILES string of the molecule is OCC(Nc1cc(-c2ccccc2O)nc2c(P)cnn12)c1ccccc1. The van der Waals surface area contributed by atoms with Gasteiger partial charge in [-0.2, -0.15) is 9.61 Å². The molecule has 136 valence electrons. The van der Waals surface area contributed by atoms with E-state index in [0.717, 1.165) is 10.9 Å². The Balaban J connectivity index is 1.83. The third kappa shape index (κ3) is 3.37. The second-order valence-electron chi connectivity index (χ2n) is 6.17. The maximum Gasteiger partial charge on any atom is 0.165 e. The van der Waals surface area contributed by atoms with Crippen LogP contribution in [0.4, 0.5) is 5.82 Å². The first kappa shape index (κ1) is 17.5. The van der Waals surface area contributed by atoms with Gasteiger partial charge in [0.1, 0.15) is 11.6 Å². The molecule has 0 aliphatic rings. The number of aliphatic hydroxyl groups is 1. The van der Waals surface area contributed by atoms with Crippen LogP contribution in [0.1, 0.15) is 11.6 Å². The van der Waals surface area contributed by atoms with E-state index < -0.39 is 0 Å². The molecule has 2 atom stereocenters. The van der Waals surface area contributed by atoms with E-state index in [2.05, 4.69) is 24.6 Å². The van der Waals surface area contributed by atoms with Gasteiger partial charge in [-0.25, -0.2) is 4.98 Å². The van der Waals surface area contributed by atoms with Crippen LogP contribution in [-0.2, 0) is 0 Å². The number of nitrogens with one attached hydrogen (secondary N) is 1. The van der Waals surface area contributed by atoms with Crippen molar-refractivity contribution in [2.24, 2.45) is 0 Å². The van der Waals surface area contributed by atoms with E-state index in [-0.39, 0.29) is 18.4 Å². The molecule has 3 N–H and O–H groups in total. The van der Waals surface area contributed by atoms with Crippen LogP contribution in [0, 0.1) is 0 Å². The summed E-state index contributed by atoms with van der Waals surface area (Å²) in [6, 6.07) is 18.3. The Bertz CT molecular complexity index is 1080. The third-order valence-corrected chi connectivity index (χ3v) is 4.79. The molecule has 7 heteroatoms. The van der Waals surface area contributed by atoms with Gasteiger partial charge in [-0.3, -0.25) is 0 Å². The number of phenolic OH excluding ortho intramolecular Hbond substituents is 1. The van der Waals surface area contributed by atoms with Crippen LogP contribution in [0.25, 0.3) is 16.9 Å². The van der Waals surface area contributed by atoms with Crippen LogP contribution >= 0.6 is 9.24 Å². The first-order valence-electron chi connectivity index (χ1n) is 8.52. The predicted octanol–water partition coefficient (Wildman–Crippen LogP) is 2.75. The molecule has 2 heterocycles. The molecule has 0 saturated carbocycles. The highest BCUT2D eigenvalue weighted by molar-refractivity contribution is 7.28. The standard InChI is InChI=1S/C20H19N4O2P/c25-12-16(13-6-2-1-3-7-13)22-19-10-15(14-8-4-5-9-17(14)26)23-20-18(27)11-21-24(19)20/h1-11,16,22,25-26H,12,27H2. The van der Waals surface area contributed by atoms with Gasteiger partial charge in [0.05, 0.1) is 24.5 Å². The summed E-state index contributed by atoms with van der Waals surface area (Å²) in [6.07, 6.45) is 1.71. The fourth-order valence-electron chi connectivity index (χ4n) is 3.01. The molecule has 0 aliphatic heterocycles. The van der Waals surface area contributed by atoms with Crippen molar-refractivity contribution in [3.05, 3.63) is 72.4 Å². The highest BCUT2D eigenvalue weighted by atomic mass is 31.0. The van der Waals surface area contributed by atoms with Crippen LogP contribution in [0.2, 0.25) is 0 Å². The molecule has 0 radical (unpaired) electrons. The largest absolute Gasteiger partial charge is 0.507 e. The highest BCUT2D eigenvalue weighted by Gasteiger charge is 2.16. The molecule has 0 fully saturated rings. The number of hydrogen-bond acceptors (Lipinski definition) is 5. The van der Waals surface area contributed by atoms with Gasteiger partial charge in [-0.05, 0) is 17.7 Å². The number of benzene rings is 2. The first-order valence-corrected chi connectivity index (χ1v) is 9.10. The van der Waals surface area contributed by atoms with Gasteiger partial charge < -0.3 is 15.5 Å². The van der Waals surface area contributed by atoms with Gasteiger partial charge in [0.15, 0.2) is 5.65 Å². The summed E-state index contributed by atoms with van der Waals surface area (Å²) in [5.74, 6) is 0.835. The van der Waals surface area contributed by atoms with E-state index in [0.29, 0.717) is 22.7 Å². The van der Waals surface area contributed by atoms with Crippen LogP contribution in [0.5, 0.6) is 5.75 Å².